The summed E-state index contributed by atoms with van der Waals surface area (Å²) in [5.74, 6) is 0. The molecule has 0 aliphatic heterocycles. The lowest BCUT2D eigenvalue weighted by Crippen LogP contribution is -2.06. The summed E-state index contributed by atoms with van der Waals surface area (Å²) in [6.07, 6.45) is 0. The molecule has 0 saturated heterocycles. The van der Waals surface area contributed by atoms with E-state index in [4.69, 9.17) is 0 Å². The van der Waals surface area contributed by atoms with E-state index >= 15 is 0 Å². The molecule has 28 heavy (non-hydrogen) atoms. The number of hydrogen-bond donors (Lipinski definition) is 0. The molecule has 4 aromatic carbocycles. The maximum Gasteiger partial charge on any atom is 0.180 e. The smallest absolute Gasteiger partial charge is 0.0848 e. The van der Waals surface area contributed by atoms with Crippen molar-refractivity contribution >= 4 is 22.7 Å². The van der Waals surface area contributed by atoms with Crippen molar-refractivity contribution in [2.45, 2.75) is 38.3 Å². The quantitative estimate of drug-likeness (QED) is 0.312. The fourth-order valence-corrected chi connectivity index (χ4v) is 6.38. The van der Waals surface area contributed by atoms with Gasteiger partial charge in [-0.25, -0.2) is 0 Å². The van der Waals surface area contributed by atoms with Gasteiger partial charge in [-0.05, 0) is 62.4 Å². The monoisotopic (exact) mass is 399 g/mol. The third kappa shape index (κ3) is 4.35. The Bertz CT molecular complexity index is 990. The molecule has 4 rings (SSSR count). The molecule has 0 bridgehead atoms. The van der Waals surface area contributed by atoms with Crippen LogP contribution >= 0.6 is 11.8 Å². The highest BCUT2D eigenvalue weighted by Crippen LogP contribution is 2.39. The molecule has 0 aliphatic rings. The van der Waals surface area contributed by atoms with Gasteiger partial charge in [-0.3, -0.25) is 0 Å². The zero-order chi connectivity index (χ0) is 19.3. The fourth-order valence-electron chi connectivity index (χ4n) is 3.06. The largest absolute Gasteiger partial charge is 0.180 e. The molecule has 0 radical (unpaired) electrons. The molecule has 0 spiro atoms. The van der Waals surface area contributed by atoms with E-state index in [1.807, 2.05) is 11.8 Å². The zero-order valence-electron chi connectivity index (χ0n) is 16.1. The first-order valence-corrected chi connectivity index (χ1v) is 11.4. The van der Waals surface area contributed by atoms with Gasteiger partial charge >= 0.3 is 0 Å². The summed E-state index contributed by atoms with van der Waals surface area (Å²) in [5, 5.41) is 0. The molecular weight excluding hydrogens is 376 g/mol. The number of rotatable bonds is 5. The molecule has 0 nitrogen and oxygen atoms in total. The summed E-state index contributed by atoms with van der Waals surface area (Å²) >= 11 is 1.85. The van der Waals surface area contributed by atoms with Crippen LogP contribution in [0.4, 0.5) is 0 Å². The fraction of sp³-hybridized carbons (Fsp3) is 0.0769. The van der Waals surface area contributed by atoms with Gasteiger partial charge in [-0.15, -0.1) is 0 Å². The SMILES string of the molecule is Cc1ccc([S+](c2ccc(C)cc2)c2ccccc2Sc2ccccc2)cc1. The highest BCUT2D eigenvalue weighted by atomic mass is 32.2. The Morgan fingerprint density at radius 3 is 1.61 bits per heavy atom. The van der Waals surface area contributed by atoms with Gasteiger partial charge in [-0.2, -0.15) is 0 Å². The lowest BCUT2D eigenvalue weighted by atomic mass is 10.2. The van der Waals surface area contributed by atoms with Gasteiger partial charge in [0.05, 0.1) is 4.90 Å². The Labute approximate surface area is 175 Å². The minimum absolute atomic E-state index is 0.137. The van der Waals surface area contributed by atoms with Crippen molar-refractivity contribution in [1.82, 2.24) is 0 Å². The molecule has 0 saturated carbocycles. The Morgan fingerprint density at radius 2 is 1.04 bits per heavy atom. The minimum atomic E-state index is -0.137. The Balaban J connectivity index is 1.83. The second-order valence-corrected chi connectivity index (χ2v) is 9.90. The average molecular weight is 400 g/mol. The third-order valence-electron chi connectivity index (χ3n) is 4.55. The Hall–Kier alpha value is -2.42. The van der Waals surface area contributed by atoms with Crippen LogP contribution in [0.3, 0.4) is 0 Å². The van der Waals surface area contributed by atoms with Gasteiger partial charge in [0.15, 0.2) is 14.7 Å². The van der Waals surface area contributed by atoms with Gasteiger partial charge in [-0.1, -0.05) is 77.5 Å². The van der Waals surface area contributed by atoms with E-state index in [0.717, 1.165) is 0 Å². The molecule has 0 atom stereocenters. The predicted octanol–water partition coefficient (Wildman–Crippen LogP) is 7.55. The molecule has 0 amide bonds. The molecule has 2 heteroatoms. The van der Waals surface area contributed by atoms with E-state index in [9.17, 15) is 0 Å². The van der Waals surface area contributed by atoms with E-state index in [2.05, 4.69) is 117 Å². The Morgan fingerprint density at radius 1 is 0.536 bits per heavy atom. The molecule has 0 fully saturated rings. The van der Waals surface area contributed by atoms with Crippen molar-refractivity contribution in [3.8, 4) is 0 Å². The normalized spacial score (nSPS) is 11.0. The van der Waals surface area contributed by atoms with E-state index in [1.165, 1.54) is 35.6 Å². The van der Waals surface area contributed by atoms with Crippen LogP contribution in [-0.2, 0) is 10.9 Å². The van der Waals surface area contributed by atoms with Crippen molar-refractivity contribution < 1.29 is 0 Å². The van der Waals surface area contributed by atoms with Crippen molar-refractivity contribution in [3.63, 3.8) is 0 Å². The van der Waals surface area contributed by atoms with E-state index in [1.54, 1.807) is 0 Å². The second-order valence-electron chi connectivity index (χ2n) is 6.79. The molecule has 0 N–H and O–H groups in total. The van der Waals surface area contributed by atoms with E-state index in [0.29, 0.717) is 0 Å². The number of aryl methyl sites for hydroxylation is 2. The second kappa shape index (κ2) is 8.72. The van der Waals surface area contributed by atoms with Crippen LogP contribution in [0.15, 0.2) is 128 Å². The van der Waals surface area contributed by atoms with E-state index in [-0.39, 0.29) is 10.9 Å². The van der Waals surface area contributed by atoms with Crippen LogP contribution in [-0.4, -0.2) is 0 Å². The summed E-state index contributed by atoms with van der Waals surface area (Å²) in [7, 11) is -0.137. The number of hydrogen-bond acceptors (Lipinski definition) is 1. The minimum Gasteiger partial charge on any atom is -0.0848 e. The van der Waals surface area contributed by atoms with Gasteiger partial charge < -0.3 is 0 Å². The molecule has 0 aliphatic carbocycles. The topological polar surface area (TPSA) is 0 Å². The third-order valence-corrected chi connectivity index (χ3v) is 8.05. The van der Waals surface area contributed by atoms with Crippen LogP contribution in [0.5, 0.6) is 0 Å². The zero-order valence-corrected chi connectivity index (χ0v) is 17.8. The van der Waals surface area contributed by atoms with Crippen molar-refractivity contribution in [3.05, 3.63) is 114 Å². The molecule has 4 aromatic rings. The van der Waals surface area contributed by atoms with Crippen LogP contribution in [0.2, 0.25) is 0 Å². The number of benzene rings is 4. The first kappa shape index (κ1) is 18.9. The maximum absolute atomic E-state index is 2.29. The first-order chi connectivity index (χ1) is 13.7. The maximum atomic E-state index is 2.29. The van der Waals surface area contributed by atoms with Crippen LogP contribution in [0.25, 0.3) is 0 Å². The summed E-state index contributed by atoms with van der Waals surface area (Å²) in [6.45, 7) is 4.29. The molecule has 0 heterocycles. The summed E-state index contributed by atoms with van der Waals surface area (Å²) in [4.78, 5) is 6.68. The molecule has 0 unspecified atom stereocenters. The van der Waals surface area contributed by atoms with Crippen LogP contribution in [0.1, 0.15) is 11.1 Å². The average Bonchev–Trinajstić information content (AvgIpc) is 2.73. The summed E-state index contributed by atoms with van der Waals surface area (Å²) < 4.78 is 0. The van der Waals surface area contributed by atoms with Crippen molar-refractivity contribution in [2.75, 3.05) is 0 Å². The van der Waals surface area contributed by atoms with Crippen LogP contribution < -0.4 is 0 Å². The van der Waals surface area contributed by atoms with Crippen molar-refractivity contribution in [2.24, 2.45) is 0 Å². The predicted molar refractivity (Wildman–Crippen MR) is 122 cm³/mol. The van der Waals surface area contributed by atoms with E-state index < -0.39 is 0 Å². The summed E-state index contributed by atoms with van der Waals surface area (Å²) in [5.41, 5.74) is 2.59. The van der Waals surface area contributed by atoms with Gasteiger partial charge in [0.2, 0.25) is 0 Å². The molecular formula is C26H23S2+. The highest BCUT2D eigenvalue weighted by Gasteiger charge is 2.31. The van der Waals surface area contributed by atoms with Gasteiger partial charge in [0.1, 0.15) is 10.9 Å². The first-order valence-electron chi connectivity index (χ1n) is 9.40. The van der Waals surface area contributed by atoms with Gasteiger partial charge in [0.25, 0.3) is 0 Å². The lowest BCUT2D eigenvalue weighted by Gasteiger charge is -2.12. The standard InChI is InChI=1S/C26H23S2/c1-20-12-16-23(17-13-20)28(24-18-14-21(2)15-19-24)26-11-7-6-10-25(26)27-22-8-4-3-5-9-22/h3-19H,1-2H3/q+1. The van der Waals surface area contributed by atoms with Crippen molar-refractivity contribution in [1.29, 1.82) is 0 Å². The van der Waals surface area contributed by atoms with Gasteiger partial charge in [0, 0.05) is 4.90 Å². The highest BCUT2D eigenvalue weighted by molar-refractivity contribution is 8.01. The molecule has 138 valence electrons. The molecule has 0 aromatic heterocycles. The Kier molecular flexibility index (Phi) is 5.90. The van der Waals surface area contributed by atoms with Crippen LogP contribution in [0, 0.1) is 13.8 Å². The lowest BCUT2D eigenvalue weighted by molar-refractivity contribution is 1.20. The summed E-state index contributed by atoms with van der Waals surface area (Å²) in [6, 6.07) is 37.5.